The van der Waals surface area contributed by atoms with Crippen molar-refractivity contribution in [2.45, 2.75) is 45.1 Å². The normalized spacial score (nSPS) is 34.5. The number of aliphatic carboxylic acids is 1. The molecule has 1 aliphatic carbocycles. The maximum absolute atomic E-state index is 11.2. The second kappa shape index (κ2) is 4.52. The molecule has 0 aromatic carbocycles. The molecule has 0 radical (unpaired) electrons. The molecular formula is C12H21NO2. The molecule has 15 heavy (non-hydrogen) atoms. The fourth-order valence-corrected chi connectivity index (χ4v) is 3.03. The van der Waals surface area contributed by atoms with E-state index in [-0.39, 0.29) is 5.92 Å². The SMILES string of the molecule is CC1CN(C2CCCCCC2C(=O)O)C1. The van der Waals surface area contributed by atoms with E-state index in [1.807, 2.05) is 0 Å². The Morgan fingerprint density at radius 2 is 1.87 bits per heavy atom. The Bertz CT molecular complexity index is 236. The van der Waals surface area contributed by atoms with Crippen LogP contribution in [0.15, 0.2) is 0 Å². The predicted molar refractivity (Wildman–Crippen MR) is 58.7 cm³/mol. The third-order valence-electron chi connectivity index (χ3n) is 3.86. The summed E-state index contributed by atoms with van der Waals surface area (Å²) in [4.78, 5) is 13.6. The summed E-state index contributed by atoms with van der Waals surface area (Å²) < 4.78 is 0. The summed E-state index contributed by atoms with van der Waals surface area (Å²) in [7, 11) is 0. The monoisotopic (exact) mass is 211 g/mol. The summed E-state index contributed by atoms with van der Waals surface area (Å²) in [5.41, 5.74) is 0. The highest BCUT2D eigenvalue weighted by atomic mass is 16.4. The van der Waals surface area contributed by atoms with Crippen molar-refractivity contribution in [1.82, 2.24) is 4.90 Å². The second-order valence-corrected chi connectivity index (χ2v) is 5.21. The highest BCUT2D eigenvalue weighted by molar-refractivity contribution is 5.71. The molecule has 1 N–H and O–H groups in total. The van der Waals surface area contributed by atoms with Gasteiger partial charge in [0.05, 0.1) is 5.92 Å². The molecule has 0 aromatic rings. The summed E-state index contributed by atoms with van der Waals surface area (Å²) in [6.07, 6.45) is 5.48. The van der Waals surface area contributed by atoms with Crippen molar-refractivity contribution >= 4 is 5.97 Å². The first-order valence-electron chi connectivity index (χ1n) is 6.15. The minimum atomic E-state index is -0.582. The first-order valence-corrected chi connectivity index (χ1v) is 6.15. The zero-order valence-corrected chi connectivity index (χ0v) is 9.48. The van der Waals surface area contributed by atoms with Gasteiger partial charge in [0, 0.05) is 19.1 Å². The van der Waals surface area contributed by atoms with Crippen LogP contribution in [-0.4, -0.2) is 35.1 Å². The van der Waals surface area contributed by atoms with Crippen LogP contribution >= 0.6 is 0 Å². The molecule has 2 rings (SSSR count). The number of carboxylic acids is 1. The first kappa shape index (κ1) is 10.9. The second-order valence-electron chi connectivity index (χ2n) is 5.21. The smallest absolute Gasteiger partial charge is 0.308 e. The summed E-state index contributed by atoms with van der Waals surface area (Å²) in [6.45, 7) is 4.45. The Balaban J connectivity index is 2.00. The fraction of sp³-hybridized carbons (Fsp3) is 0.917. The van der Waals surface area contributed by atoms with Crippen LogP contribution in [0.1, 0.15) is 39.0 Å². The topological polar surface area (TPSA) is 40.5 Å². The molecule has 86 valence electrons. The molecule has 2 atom stereocenters. The van der Waals surface area contributed by atoms with Gasteiger partial charge in [0.15, 0.2) is 0 Å². The Kier molecular flexibility index (Phi) is 3.29. The van der Waals surface area contributed by atoms with Crippen molar-refractivity contribution in [3.05, 3.63) is 0 Å². The van der Waals surface area contributed by atoms with Gasteiger partial charge in [0.2, 0.25) is 0 Å². The molecule has 2 unspecified atom stereocenters. The van der Waals surface area contributed by atoms with Gasteiger partial charge in [-0.15, -0.1) is 0 Å². The third-order valence-corrected chi connectivity index (χ3v) is 3.86. The van der Waals surface area contributed by atoms with E-state index in [1.54, 1.807) is 0 Å². The average molecular weight is 211 g/mol. The van der Waals surface area contributed by atoms with Crippen molar-refractivity contribution in [2.75, 3.05) is 13.1 Å². The Labute approximate surface area is 91.5 Å². The molecule has 2 aliphatic rings. The van der Waals surface area contributed by atoms with Gasteiger partial charge in [-0.1, -0.05) is 26.2 Å². The lowest BCUT2D eigenvalue weighted by molar-refractivity contribution is -0.145. The van der Waals surface area contributed by atoms with Crippen molar-refractivity contribution in [2.24, 2.45) is 11.8 Å². The molecule has 1 aliphatic heterocycles. The van der Waals surface area contributed by atoms with Crippen LogP contribution in [0, 0.1) is 11.8 Å². The fourth-order valence-electron chi connectivity index (χ4n) is 3.03. The van der Waals surface area contributed by atoms with Crippen molar-refractivity contribution < 1.29 is 9.90 Å². The van der Waals surface area contributed by atoms with Crippen LogP contribution in [-0.2, 0) is 4.79 Å². The van der Waals surface area contributed by atoms with E-state index in [2.05, 4.69) is 11.8 Å². The van der Waals surface area contributed by atoms with E-state index in [9.17, 15) is 9.90 Å². The van der Waals surface area contributed by atoms with Crippen LogP contribution in [0.2, 0.25) is 0 Å². The van der Waals surface area contributed by atoms with Crippen LogP contribution in [0.3, 0.4) is 0 Å². The van der Waals surface area contributed by atoms with Crippen LogP contribution in [0.4, 0.5) is 0 Å². The van der Waals surface area contributed by atoms with Crippen LogP contribution in [0.5, 0.6) is 0 Å². The van der Waals surface area contributed by atoms with E-state index in [1.165, 1.54) is 12.8 Å². The molecule has 0 spiro atoms. The lowest BCUT2D eigenvalue weighted by Gasteiger charge is -2.44. The highest BCUT2D eigenvalue weighted by Gasteiger charge is 2.37. The van der Waals surface area contributed by atoms with Crippen LogP contribution in [0.25, 0.3) is 0 Å². The number of carbonyl (C=O) groups is 1. The quantitative estimate of drug-likeness (QED) is 0.710. The van der Waals surface area contributed by atoms with Gasteiger partial charge in [-0.2, -0.15) is 0 Å². The molecule has 3 nitrogen and oxygen atoms in total. The van der Waals surface area contributed by atoms with E-state index >= 15 is 0 Å². The standard InChI is InChI=1S/C12H21NO2/c1-9-7-13(8-9)11-6-4-2-3-5-10(11)12(14)15/h9-11H,2-8H2,1H3,(H,14,15). The summed E-state index contributed by atoms with van der Waals surface area (Å²) in [6, 6.07) is 0.321. The van der Waals surface area contributed by atoms with E-state index < -0.39 is 5.97 Å². The van der Waals surface area contributed by atoms with Gasteiger partial charge in [-0.3, -0.25) is 9.69 Å². The lowest BCUT2D eigenvalue weighted by atomic mass is 9.89. The summed E-state index contributed by atoms with van der Waals surface area (Å²) in [5, 5.41) is 9.24. The summed E-state index contributed by atoms with van der Waals surface area (Å²) >= 11 is 0. The van der Waals surface area contributed by atoms with Crippen LogP contribution < -0.4 is 0 Å². The summed E-state index contributed by atoms with van der Waals surface area (Å²) in [5.74, 6) is 0.0733. The number of carboxylic acid groups (broad SMARTS) is 1. The average Bonchev–Trinajstić information content (AvgIpc) is 2.37. The largest absolute Gasteiger partial charge is 0.481 e. The maximum Gasteiger partial charge on any atom is 0.308 e. The van der Waals surface area contributed by atoms with Gasteiger partial charge < -0.3 is 5.11 Å². The van der Waals surface area contributed by atoms with Gasteiger partial charge in [0.25, 0.3) is 0 Å². The molecule has 3 heteroatoms. The van der Waals surface area contributed by atoms with Gasteiger partial charge in [-0.05, 0) is 18.8 Å². The molecule has 2 fully saturated rings. The maximum atomic E-state index is 11.2. The van der Waals surface area contributed by atoms with Gasteiger partial charge in [0.1, 0.15) is 0 Å². The molecule has 0 bridgehead atoms. The van der Waals surface area contributed by atoms with E-state index in [0.29, 0.717) is 6.04 Å². The van der Waals surface area contributed by atoms with Crippen molar-refractivity contribution in [1.29, 1.82) is 0 Å². The number of hydrogen-bond acceptors (Lipinski definition) is 2. The van der Waals surface area contributed by atoms with Gasteiger partial charge >= 0.3 is 5.97 Å². The molecule has 1 saturated carbocycles. The first-order chi connectivity index (χ1) is 7.18. The Hall–Kier alpha value is -0.570. The molecule has 0 amide bonds. The number of hydrogen-bond donors (Lipinski definition) is 1. The number of nitrogens with zero attached hydrogens (tertiary/aromatic N) is 1. The Morgan fingerprint density at radius 1 is 1.20 bits per heavy atom. The lowest BCUT2D eigenvalue weighted by Crippen LogP contribution is -2.54. The zero-order chi connectivity index (χ0) is 10.8. The van der Waals surface area contributed by atoms with Crippen molar-refractivity contribution in [3.8, 4) is 0 Å². The minimum absolute atomic E-state index is 0.111. The molecular weight excluding hydrogens is 190 g/mol. The number of rotatable bonds is 2. The molecule has 1 heterocycles. The van der Waals surface area contributed by atoms with Gasteiger partial charge in [-0.25, -0.2) is 0 Å². The Morgan fingerprint density at radius 3 is 2.47 bits per heavy atom. The zero-order valence-electron chi connectivity index (χ0n) is 9.48. The predicted octanol–water partition coefficient (Wildman–Crippen LogP) is 1.97. The highest BCUT2D eigenvalue weighted by Crippen LogP contribution is 2.31. The number of likely N-dealkylation sites (tertiary alicyclic amines) is 1. The third kappa shape index (κ3) is 2.33. The molecule has 1 saturated heterocycles. The van der Waals surface area contributed by atoms with Crippen molar-refractivity contribution in [3.63, 3.8) is 0 Å². The molecule has 0 aromatic heterocycles. The van der Waals surface area contributed by atoms with E-state index in [4.69, 9.17) is 0 Å². The minimum Gasteiger partial charge on any atom is -0.481 e. The van der Waals surface area contributed by atoms with E-state index in [0.717, 1.165) is 38.3 Å².